The van der Waals surface area contributed by atoms with E-state index in [1.807, 2.05) is 20.1 Å². The van der Waals surface area contributed by atoms with E-state index >= 15 is 0 Å². The summed E-state index contributed by atoms with van der Waals surface area (Å²) in [5, 5.41) is 16.3. The largest absolute Gasteiger partial charge is 0.480 e. The van der Waals surface area contributed by atoms with E-state index < -0.39 is 48.4 Å². The van der Waals surface area contributed by atoms with Crippen molar-refractivity contribution >= 4 is 41.4 Å². The summed E-state index contributed by atoms with van der Waals surface area (Å²) >= 11 is 1.47. The van der Waals surface area contributed by atoms with Crippen molar-refractivity contribution < 1.29 is 24.3 Å². The molecule has 3 atom stereocenters. The Labute approximate surface area is 192 Å². The number of carbonyl (C=O) groups is 4. The lowest BCUT2D eigenvalue weighted by molar-refractivity contribution is -0.138. The van der Waals surface area contributed by atoms with Crippen LogP contribution in [0.4, 0.5) is 0 Å². The van der Waals surface area contributed by atoms with Gasteiger partial charge in [0.1, 0.15) is 18.6 Å². The molecule has 0 spiro atoms. The fourth-order valence-corrected chi connectivity index (χ4v) is 3.20. The van der Waals surface area contributed by atoms with E-state index in [9.17, 15) is 19.2 Å². The number of thioether (sulfide) groups is 1. The highest BCUT2D eigenvalue weighted by atomic mass is 32.2. The number of aliphatic carboxylic acids is 1. The SMILES string of the molecule is CSCCC(NC(=O)C(CCCN=C(N)N)NC(=O)C(N)CC(C)C)C(=O)NCC(=O)O. The molecule has 0 aromatic rings. The first-order chi connectivity index (χ1) is 15.0. The molecule has 0 aliphatic carbocycles. The van der Waals surface area contributed by atoms with Gasteiger partial charge in [0.05, 0.1) is 6.04 Å². The van der Waals surface area contributed by atoms with Crippen molar-refractivity contribution in [3.63, 3.8) is 0 Å². The first-order valence-electron chi connectivity index (χ1n) is 10.4. The van der Waals surface area contributed by atoms with Crippen molar-refractivity contribution in [2.45, 2.75) is 57.7 Å². The van der Waals surface area contributed by atoms with Crippen LogP contribution < -0.4 is 33.2 Å². The highest BCUT2D eigenvalue weighted by molar-refractivity contribution is 7.98. The van der Waals surface area contributed by atoms with E-state index in [0.717, 1.165) is 0 Å². The van der Waals surface area contributed by atoms with Gasteiger partial charge in [-0.1, -0.05) is 13.8 Å². The Kier molecular flexibility index (Phi) is 14.9. The molecule has 0 rings (SSSR count). The zero-order valence-electron chi connectivity index (χ0n) is 18.9. The molecule has 0 bridgehead atoms. The minimum Gasteiger partial charge on any atom is -0.480 e. The number of amides is 3. The maximum atomic E-state index is 12.9. The summed E-state index contributed by atoms with van der Waals surface area (Å²) in [6, 6.07) is -2.69. The van der Waals surface area contributed by atoms with Gasteiger partial charge in [0.15, 0.2) is 5.96 Å². The van der Waals surface area contributed by atoms with Crippen LogP contribution in [0.2, 0.25) is 0 Å². The average molecular weight is 476 g/mol. The number of guanidine groups is 1. The summed E-state index contributed by atoms with van der Waals surface area (Å²) in [4.78, 5) is 52.3. The van der Waals surface area contributed by atoms with Crippen molar-refractivity contribution in [2.75, 3.05) is 25.1 Å². The first-order valence-corrected chi connectivity index (χ1v) is 11.8. The molecule has 0 saturated carbocycles. The van der Waals surface area contributed by atoms with Crippen LogP contribution >= 0.6 is 11.8 Å². The second-order valence-electron chi connectivity index (χ2n) is 7.70. The van der Waals surface area contributed by atoms with Crippen molar-refractivity contribution in [3.8, 4) is 0 Å². The number of nitrogens with one attached hydrogen (secondary N) is 3. The summed E-state index contributed by atoms with van der Waals surface area (Å²) in [6.45, 7) is 3.56. The molecule has 0 saturated heterocycles. The summed E-state index contributed by atoms with van der Waals surface area (Å²) in [5.41, 5.74) is 16.5. The second kappa shape index (κ2) is 16.1. The Morgan fingerprint density at radius 3 is 2.12 bits per heavy atom. The van der Waals surface area contributed by atoms with Gasteiger partial charge < -0.3 is 38.3 Å². The summed E-state index contributed by atoms with van der Waals surface area (Å²) < 4.78 is 0. The van der Waals surface area contributed by atoms with Gasteiger partial charge in [-0.25, -0.2) is 0 Å². The number of hydrogen-bond acceptors (Lipinski definition) is 7. The van der Waals surface area contributed by atoms with Crippen molar-refractivity contribution in [2.24, 2.45) is 28.1 Å². The maximum Gasteiger partial charge on any atom is 0.322 e. The number of nitrogens with zero attached hydrogens (tertiary/aromatic N) is 1. The lowest BCUT2D eigenvalue weighted by atomic mass is 10.0. The molecular formula is C19H37N7O5S. The van der Waals surface area contributed by atoms with Gasteiger partial charge in [-0.3, -0.25) is 24.2 Å². The molecule has 0 aromatic carbocycles. The van der Waals surface area contributed by atoms with Gasteiger partial charge in [-0.2, -0.15) is 11.8 Å². The number of nitrogens with two attached hydrogens (primary N) is 3. The standard InChI is InChI=1S/C19H37N7O5S/c1-11(2)9-12(20)16(29)25-13(5-4-7-23-19(21)22)18(31)26-14(6-8-32-3)17(30)24-10-15(27)28/h11-14H,4-10,20H2,1-3H3,(H,24,30)(H,25,29)(H,26,31)(H,27,28)(H4,21,22,23). The van der Waals surface area contributed by atoms with E-state index in [0.29, 0.717) is 25.0 Å². The Balaban J connectivity index is 5.30. The number of aliphatic imine (C=N–C) groups is 1. The second-order valence-corrected chi connectivity index (χ2v) is 8.69. The Bertz CT molecular complexity index is 656. The summed E-state index contributed by atoms with van der Waals surface area (Å²) in [5.74, 6) is -2.19. The van der Waals surface area contributed by atoms with E-state index in [1.54, 1.807) is 0 Å². The lowest BCUT2D eigenvalue weighted by Crippen LogP contribution is -2.56. The molecule has 10 N–H and O–H groups in total. The number of carboxylic acid groups (broad SMARTS) is 1. The van der Waals surface area contributed by atoms with E-state index in [1.165, 1.54) is 11.8 Å². The van der Waals surface area contributed by atoms with Crippen LogP contribution in [0.3, 0.4) is 0 Å². The Hall–Kier alpha value is -2.54. The average Bonchev–Trinajstić information content (AvgIpc) is 2.70. The van der Waals surface area contributed by atoms with Crippen LogP contribution in [0, 0.1) is 5.92 Å². The van der Waals surface area contributed by atoms with Gasteiger partial charge in [-0.05, 0) is 43.6 Å². The maximum absolute atomic E-state index is 12.9. The van der Waals surface area contributed by atoms with Crippen LogP contribution in [0.15, 0.2) is 4.99 Å². The normalized spacial score (nSPS) is 13.5. The summed E-state index contributed by atoms with van der Waals surface area (Å²) in [6.07, 6.45) is 3.20. The third-order valence-corrected chi connectivity index (χ3v) is 4.94. The van der Waals surface area contributed by atoms with E-state index in [4.69, 9.17) is 22.3 Å². The number of carboxylic acids is 1. The molecular weight excluding hydrogens is 438 g/mol. The topological polar surface area (TPSA) is 215 Å². The zero-order valence-corrected chi connectivity index (χ0v) is 19.7. The van der Waals surface area contributed by atoms with Crippen LogP contribution in [0.1, 0.15) is 39.5 Å². The van der Waals surface area contributed by atoms with Gasteiger partial charge in [0.25, 0.3) is 0 Å². The molecule has 12 nitrogen and oxygen atoms in total. The third kappa shape index (κ3) is 13.7. The van der Waals surface area contributed by atoms with Gasteiger partial charge in [-0.15, -0.1) is 0 Å². The Morgan fingerprint density at radius 1 is 1.00 bits per heavy atom. The number of rotatable bonds is 16. The van der Waals surface area contributed by atoms with E-state index in [2.05, 4.69) is 20.9 Å². The zero-order chi connectivity index (χ0) is 24.7. The van der Waals surface area contributed by atoms with Crippen LogP contribution in [0.25, 0.3) is 0 Å². The van der Waals surface area contributed by atoms with Crippen LogP contribution in [-0.2, 0) is 19.2 Å². The highest BCUT2D eigenvalue weighted by Crippen LogP contribution is 2.07. The molecule has 0 fully saturated rings. The van der Waals surface area contributed by atoms with Crippen LogP contribution in [0.5, 0.6) is 0 Å². The fraction of sp³-hybridized carbons (Fsp3) is 0.737. The number of carbonyl (C=O) groups excluding carboxylic acids is 3. The molecule has 0 radical (unpaired) electrons. The minimum atomic E-state index is -1.20. The van der Waals surface area contributed by atoms with Gasteiger partial charge in [0.2, 0.25) is 17.7 Å². The molecule has 0 aliphatic rings. The smallest absolute Gasteiger partial charge is 0.322 e. The predicted octanol–water partition coefficient (Wildman–Crippen LogP) is -1.66. The molecule has 0 heterocycles. The number of hydrogen-bond donors (Lipinski definition) is 7. The van der Waals surface area contributed by atoms with E-state index in [-0.39, 0.29) is 24.8 Å². The molecule has 0 aliphatic heterocycles. The fourth-order valence-electron chi connectivity index (χ4n) is 2.73. The predicted molar refractivity (Wildman–Crippen MR) is 125 cm³/mol. The molecule has 184 valence electrons. The molecule has 3 amide bonds. The monoisotopic (exact) mass is 475 g/mol. The van der Waals surface area contributed by atoms with Gasteiger partial charge in [0, 0.05) is 6.54 Å². The molecule has 3 unspecified atom stereocenters. The van der Waals surface area contributed by atoms with Crippen molar-refractivity contribution in [1.29, 1.82) is 0 Å². The summed E-state index contributed by atoms with van der Waals surface area (Å²) in [7, 11) is 0. The third-order valence-electron chi connectivity index (χ3n) is 4.30. The quantitative estimate of drug-likeness (QED) is 0.0771. The molecule has 13 heteroatoms. The molecule has 0 aromatic heterocycles. The lowest BCUT2D eigenvalue weighted by Gasteiger charge is -2.24. The first kappa shape index (κ1) is 29.5. The van der Waals surface area contributed by atoms with Crippen molar-refractivity contribution in [1.82, 2.24) is 16.0 Å². The van der Waals surface area contributed by atoms with Crippen LogP contribution in [-0.4, -0.2) is 78.0 Å². The Morgan fingerprint density at radius 2 is 1.59 bits per heavy atom. The van der Waals surface area contributed by atoms with Crippen molar-refractivity contribution in [3.05, 3.63) is 0 Å². The van der Waals surface area contributed by atoms with Gasteiger partial charge >= 0.3 is 5.97 Å². The molecule has 32 heavy (non-hydrogen) atoms. The minimum absolute atomic E-state index is 0.0822. The highest BCUT2D eigenvalue weighted by Gasteiger charge is 2.28.